The number of Topliss-reactive ketones (excluding diaryl/α,β-unsaturated/α-hetero) is 1. The summed E-state index contributed by atoms with van der Waals surface area (Å²) in [6.45, 7) is 1.50. The average molecular weight is 549 g/mol. The molecule has 0 saturated heterocycles. The maximum absolute atomic E-state index is 13.4. The Bertz CT molecular complexity index is 1440. The van der Waals surface area contributed by atoms with Crippen molar-refractivity contribution in [3.63, 3.8) is 0 Å². The molecule has 4 aromatic rings. The lowest BCUT2D eigenvalue weighted by atomic mass is 10.1. The van der Waals surface area contributed by atoms with Gasteiger partial charge >= 0.3 is 0 Å². The highest BCUT2D eigenvalue weighted by Crippen LogP contribution is 2.37. The number of halogens is 2. The lowest BCUT2D eigenvalue weighted by molar-refractivity contribution is -0.115. The van der Waals surface area contributed by atoms with E-state index in [0.717, 1.165) is 10.5 Å². The Morgan fingerprint density at radius 2 is 1.49 bits per heavy atom. The van der Waals surface area contributed by atoms with E-state index in [2.05, 4.69) is 10.6 Å². The highest BCUT2D eigenvalue weighted by Gasteiger charge is 2.23. The third-order valence-corrected chi connectivity index (χ3v) is 7.22. The summed E-state index contributed by atoms with van der Waals surface area (Å²) in [6, 6.07) is 28.1. The molecule has 2 amide bonds. The summed E-state index contributed by atoms with van der Waals surface area (Å²) in [4.78, 5) is 38.4. The van der Waals surface area contributed by atoms with E-state index in [9.17, 15) is 14.4 Å². The van der Waals surface area contributed by atoms with Gasteiger partial charge in [0.05, 0.1) is 10.6 Å². The fraction of sp³-hybridized carbons (Fsp3) is 0.0690. The summed E-state index contributed by atoms with van der Waals surface area (Å²) in [5.74, 6) is -0.620. The molecule has 0 aromatic heterocycles. The van der Waals surface area contributed by atoms with Crippen LogP contribution in [0.25, 0.3) is 0 Å². The Balaban J connectivity index is 1.53. The third-order valence-electron chi connectivity index (χ3n) is 5.42. The smallest absolute Gasteiger partial charge is 0.257 e. The van der Waals surface area contributed by atoms with Crippen LogP contribution in [0.4, 0.5) is 11.4 Å². The summed E-state index contributed by atoms with van der Waals surface area (Å²) >= 11 is 13.5. The molecule has 0 saturated carbocycles. The lowest BCUT2D eigenvalue weighted by Crippen LogP contribution is -2.19. The van der Waals surface area contributed by atoms with Gasteiger partial charge in [-0.2, -0.15) is 0 Å². The van der Waals surface area contributed by atoms with Gasteiger partial charge in [0.25, 0.3) is 5.91 Å². The van der Waals surface area contributed by atoms with Crippen molar-refractivity contribution < 1.29 is 14.4 Å². The molecule has 0 fully saturated rings. The number of ketones is 1. The van der Waals surface area contributed by atoms with Gasteiger partial charge in [-0.25, -0.2) is 0 Å². The van der Waals surface area contributed by atoms with Crippen LogP contribution in [0.15, 0.2) is 102 Å². The number of amides is 2. The zero-order valence-electron chi connectivity index (χ0n) is 19.7. The van der Waals surface area contributed by atoms with E-state index < -0.39 is 5.25 Å². The molecule has 186 valence electrons. The van der Waals surface area contributed by atoms with E-state index in [0.29, 0.717) is 27.5 Å². The van der Waals surface area contributed by atoms with Crippen molar-refractivity contribution in [3.8, 4) is 0 Å². The van der Waals surface area contributed by atoms with Gasteiger partial charge < -0.3 is 10.6 Å². The summed E-state index contributed by atoms with van der Waals surface area (Å²) in [5.41, 5.74) is 2.87. The minimum absolute atomic E-state index is 0.0408. The number of nitrogens with one attached hydrogen (secondary N) is 2. The maximum atomic E-state index is 13.4. The first-order chi connectivity index (χ1) is 17.8. The minimum atomic E-state index is -0.564. The van der Waals surface area contributed by atoms with Gasteiger partial charge in [0, 0.05) is 26.9 Å². The average Bonchev–Trinajstić information content (AvgIpc) is 2.88. The topological polar surface area (TPSA) is 75.3 Å². The molecule has 0 aliphatic rings. The number of thioether (sulfide) groups is 1. The fourth-order valence-corrected chi connectivity index (χ4v) is 5.13. The summed E-state index contributed by atoms with van der Waals surface area (Å²) in [5, 5.41) is 5.92. The van der Waals surface area contributed by atoms with Crippen LogP contribution in [0, 0.1) is 0 Å². The van der Waals surface area contributed by atoms with Crippen molar-refractivity contribution in [1.82, 2.24) is 0 Å². The predicted molar refractivity (Wildman–Crippen MR) is 151 cm³/mol. The Morgan fingerprint density at radius 3 is 2.16 bits per heavy atom. The van der Waals surface area contributed by atoms with Crippen molar-refractivity contribution in [2.75, 3.05) is 10.6 Å². The molecule has 4 rings (SSSR count). The molecule has 8 heteroatoms. The molecule has 2 N–H and O–H groups in total. The van der Waals surface area contributed by atoms with Crippen molar-refractivity contribution >= 4 is 63.9 Å². The quantitative estimate of drug-likeness (QED) is 0.173. The highest BCUT2D eigenvalue weighted by molar-refractivity contribution is 8.00. The summed E-state index contributed by atoms with van der Waals surface area (Å²) in [6.07, 6.45) is 0. The van der Waals surface area contributed by atoms with Crippen molar-refractivity contribution in [2.45, 2.75) is 17.1 Å². The number of rotatable bonds is 8. The molecule has 1 unspecified atom stereocenters. The number of anilines is 2. The van der Waals surface area contributed by atoms with Crippen molar-refractivity contribution in [3.05, 3.63) is 124 Å². The number of benzene rings is 4. The van der Waals surface area contributed by atoms with Crippen molar-refractivity contribution in [2.24, 2.45) is 0 Å². The van der Waals surface area contributed by atoms with Crippen LogP contribution < -0.4 is 10.6 Å². The van der Waals surface area contributed by atoms with E-state index in [1.165, 1.54) is 24.8 Å². The standard InChI is InChI=1S/C29H22Cl2N2O3S/c1-18(34)19-10-13-22(14-11-19)32-29(36)27(20-6-3-2-4-7-20)37-24-9-5-8-23(17-24)33-28(35)25-15-12-21(30)16-26(25)31/h2-17,27H,1H3,(H,32,36)(H,33,35). The molecule has 4 aromatic carbocycles. The highest BCUT2D eigenvalue weighted by atomic mass is 35.5. The number of hydrogen-bond acceptors (Lipinski definition) is 4. The molecule has 0 heterocycles. The second-order valence-corrected chi connectivity index (χ2v) is 10.2. The molecule has 1 atom stereocenters. The second-order valence-electron chi connectivity index (χ2n) is 8.14. The Hall–Kier alpha value is -3.58. The van der Waals surface area contributed by atoms with Gasteiger partial charge in [-0.15, -0.1) is 11.8 Å². The van der Waals surface area contributed by atoms with Gasteiger partial charge in [0.1, 0.15) is 5.25 Å². The van der Waals surface area contributed by atoms with Crippen LogP contribution in [0.1, 0.15) is 38.5 Å². The van der Waals surface area contributed by atoms with Crippen LogP contribution in [-0.2, 0) is 4.79 Å². The van der Waals surface area contributed by atoms with Crippen LogP contribution in [-0.4, -0.2) is 17.6 Å². The number of carbonyl (C=O) groups excluding carboxylic acids is 3. The van der Waals surface area contributed by atoms with Gasteiger partial charge in [0.2, 0.25) is 5.91 Å². The first kappa shape index (κ1) is 26.5. The Morgan fingerprint density at radius 1 is 0.757 bits per heavy atom. The molecule has 0 radical (unpaired) electrons. The van der Waals surface area contributed by atoms with E-state index in [1.807, 2.05) is 42.5 Å². The van der Waals surface area contributed by atoms with E-state index in [1.54, 1.807) is 48.5 Å². The van der Waals surface area contributed by atoms with Crippen LogP contribution in [0.5, 0.6) is 0 Å². The van der Waals surface area contributed by atoms with Gasteiger partial charge in [-0.1, -0.05) is 59.6 Å². The van der Waals surface area contributed by atoms with Gasteiger partial charge in [0.15, 0.2) is 5.78 Å². The molecule has 5 nitrogen and oxygen atoms in total. The first-order valence-corrected chi connectivity index (χ1v) is 12.9. The molecule has 0 aliphatic heterocycles. The normalized spacial score (nSPS) is 11.4. The van der Waals surface area contributed by atoms with Gasteiger partial charge in [-0.3, -0.25) is 14.4 Å². The van der Waals surface area contributed by atoms with E-state index >= 15 is 0 Å². The monoisotopic (exact) mass is 548 g/mol. The van der Waals surface area contributed by atoms with Crippen LogP contribution in [0.3, 0.4) is 0 Å². The lowest BCUT2D eigenvalue weighted by Gasteiger charge is -2.18. The summed E-state index contributed by atoms with van der Waals surface area (Å²) in [7, 11) is 0. The second kappa shape index (κ2) is 12.1. The number of hydrogen-bond donors (Lipinski definition) is 2. The fourth-order valence-electron chi connectivity index (χ4n) is 3.55. The largest absolute Gasteiger partial charge is 0.325 e. The predicted octanol–water partition coefficient (Wildman–Crippen LogP) is 7.92. The molecule has 0 spiro atoms. The van der Waals surface area contributed by atoms with Crippen LogP contribution in [0.2, 0.25) is 10.0 Å². The molecular weight excluding hydrogens is 527 g/mol. The SMILES string of the molecule is CC(=O)c1ccc(NC(=O)C(Sc2cccc(NC(=O)c3ccc(Cl)cc3Cl)c2)c2ccccc2)cc1. The molecule has 0 bridgehead atoms. The Labute approximate surface area is 229 Å². The van der Waals surface area contributed by atoms with Crippen molar-refractivity contribution in [1.29, 1.82) is 0 Å². The van der Waals surface area contributed by atoms with E-state index in [4.69, 9.17) is 23.2 Å². The zero-order valence-corrected chi connectivity index (χ0v) is 22.0. The molecular formula is C29H22Cl2N2O3S. The van der Waals surface area contributed by atoms with E-state index in [-0.39, 0.29) is 22.6 Å². The Kier molecular flexibility index (Phi) is 8.66. The third kappa shape index (κ3) is 7.01. The zero-order chi connectivity index (χ0) is 26.4. The minimum Gasteiger partial charge on any atom is -0.325 e. The van der Waals surface area contributed by atoms with Crippen LogP contribution >= 0.6 is 35.0 Å². The first-order valence-electron chi connectivity index (χ1n) is 11.3. The summed E-state index contributed by atoms with van der Waals surface area (Å²) < 4.78 is 0. The number of carbonyl (C=O) groups is 3. The van der Waals surface area contributed by atoms with Gasteiger partial charge in [-0.05, 0) is 73.2 Å². The molecule has 0 aliphatic carbocycles. The molecule has 37 heavy (non-hydrogen) atoms. The maximum Gasteiger partial charge on any atom is 0.257 e.